The van der Waals surface area contributed by atoms with Crippen LogP contribution in [0.25, 0.3) is 0 Å². The zero-order valence-corrected chi connectivity index (χ0v) is 23.6. The van der Waals surface area contributed by atoms with Gasteiger partial charge in [0.15, 0.2) is 0 Å². The van der Waals surface area contributed by atoms with Gasteiger partial charge < -0.3 is 20.1 Å². The lowest BCUT2D eigenvalue weighted by Crippen LogP contribution is -2.25. The molecule has 8 heteroatoms. The van der Waals surface area contributed by atoms with Crippen molar-refractivity contribution >= 4 is 23.3 Å². The van der Waals surface area contributed by atoms with Gasteiger partial charge in [-0.1, -0.05) is 47.1 Å². The number of nitrogens with zero attached hydrogens (tertiary/aromatic N) is 2. The van der Waals surface area contributed by atoms with E-state index in [0.29, 0.717) is 25.7 Å². The van der Waals surface area contributed by atoms with Crippen LogP contribution in [0.3, 0.4) is 0 Å². The number of allylic oxidation sites excluding steroid dienone is 6. The number of hydrogen-bond acceptors (Lipinski definition) is 8. The highest BCUT2D eigenvalue weighted by molar-refractivity contribution is 7.09. The number of hydrogen-bond donors (Lipinski definition) is 1. The van der Waals surface area contributed by atoms with Crippen LogP contribution in [0.2, 0.25) is 0 Å². The normalized spacial score (nSPS) is 24.0. The monoisotopic (exact) mass is 527 g/mol. The molecule has 0 saturated carbocycles. The Morgan fingerprint density at radius 1 is 1.19 bits per heavy atom. The van der Waals surface area contributed by atoms with Crippen molar-refractivity contribution in [1.82, 2.24) is 9.88 Å². The zero-order chi connectivity index (χ0) is 27.2. The van der Waals surface area contributed by atoms with Gasteiger partial charge in [0, 0.05) is 36.9 Å². The van der Waals surface area contributed by atoms with E-state index in [-0.39, 0.29) is 25.0 Å². The fraction of sp³-hybridized carbons (Fsp3) is 0.483. The van der Waals surface area contributed by atoms with Crippen molar-refractivity contribution in [1.29, 1.82) is 0 Å². The summed E-state index contributed by atoms with van der Waals surface area (Å²) >= 11 is 1.54. The van der Waals surface area contributed by atoms with E-state index in [4.69, 9.17) is 20.2 Å². The van der Waals surface area contributed by atoms with E-state index in [1.165, 1.54) is 23.0 Å². The number of carbonyl (C=O) groups is 2. The Morgan fingerprint density at radius 2 is 1.95 bits per heavy atom. The van der Waals surface area contributed by atoms with E-state index in [0.717, 1.165) is 28.4 Å². The Balaban J connectivity index is 2.22. The van der Waals surface area contributed by atoms with Crippen molar-refractivity contribution in [2.75, 3.05) is 27.2 Å². The van der Waals surface area contributed by atoms with Crippen LogP contribution in [-0.4, -0.2) is 61.2 Å². The highest BCUT2D eigenvalue weighted by Gasteiger charge is 2.16. The minimum absolute atomic E-state index is 0.186. The van der Waals surface area contributed by atoms with E-state index in [9.17, 15) is 9.59 Å². The number of aryl methyl sites for hydroxylation is 1. The standard InChI is InChI=1S/C29H41N3O4S/c1-21-7-6-8-28(33)36-26(17-23(3)10-9-22(2)13-15-32(4)5)19-27-31-25(20-37-27)12-11-24(30)18-29(34)35-16-14-21/h6-10,13,17,20,24,26H,11-12,14-16,18-19,30H2,1-5H3/b8-6-,10-9+,21-7+,22-13+,23-17+. The van der Waals surface area contributed by atoms with Crippen LogP contribution >= 0.6 is 11.3 Å². The predicted molar refractivity (Wildman–Crippen MR) is 150 cm³/mol. The average molecular weight is 528 g/mol. The van der Waals surface area contributed by atoms with E-state index in [1.54, 1.807) is 6.08 Å². The molecule has 1 aromatic rings. The Morgan fingerprint density at radius 3 is 2.70 bits per heavy atom. The van der Waals surface area contributed by atoms with Crippen molar-refractivity contribution in [2.24, 2.45) is 5.73 Å². The first-order valence-electron chi connectivity index (χ1n) is 12.7. The minimum atomic E-state index is -0.452. The quantitative estimate of drug-likeness (QED) is 0.438. The Labute approximate surface area is 225 Å². The average Bonchev–Trinajstić information content (AvgIpc) is 3.26. The van der Waals surface area contributed by atoms with Gasteiger partial charge in [-0.05, 0) is 53.8 Å². The number of aromatic nitrogens is 1. The second-order valence-electron chi connectivity index (χ2n) is 9.71. The zero-order valence-electron chi connectivity index (χ0n) is 22.7. The van der Waals surface area contributed by atoms with Crippen molar-refractivity contribution in [3.63, 3.8) is 0 Å². The highest BCUT2D eigenvalue weighted by Crippen LogP contribution is 2.18. The molecule has 2 N–H and O–H groups in total. The van der Waals surface area contributed by atoms with Crippen LogP contribution in [0.4, 0.5) is 0 Å². The summed E-state index contributed by atoms with van der Waals surface area (Å²) in [6.45, 7) is 7.15. The second-order valence-corrected chi connectivity index (χ2v) is 10.7. The lowest BCUT2D eigenvalue weighted by Gasteiger charge is -2.13. The number of ether oxygens (including phenoxy) is 2. The van der Waals surface area contributed by atoms with E-state index in [1.807, 2.05) is 51.6 Å². The van der Waals surface area contributed by atoms with Crippen LogP contribution in [0.1, 0.15) is 50.7 Å². The summed E-state index contributed by atoms with van der Waals surface area (Å²) in [6, 6.07) is -0.277. The molecule has 1 aromatic heterocycles. The summed E-state index contributed by atoms with van der Waals surface area (Å²) in [5.74, 6) is -0.713. The van der Waals surface area contributed by atoms with Gasteiger partial charge in [-0.3, -0.25) is 4.79 Å². The molecule has 2 rings (SSSR count). The Bertz CT molecular complexity index is 1050. The maximum absolute atomic E-state index is 12.6. The van der Waals surface area contributed by atoms with Crippen LogP contribution in [0, 0.1) is 0 Å². The summed E-state index contributed by atoms with van der Waals surface area (Å²) in [5, 5.41) is 2.88. The third-order valence-corrected chi connectivity index (χ3v) is 6.57. The molecule has 2 atom stereocenters. The number of carbonyl (C=O) groups excluding carboxylic acids is 2. The summed E-state index contributed by atoms with van der Waals surface area (Å²) in [4.78, 5) is 31.5. The summed E-state index contributed by atoms with van der Waals surface area (Å²) in [6.07, 6.45) is 15.2. The molecule has 0 amide bonds. The molecule has 7 nitrogen and oxygen atoms in total. The maximum Gasteiger partial charge on any atom is 0.331 e. The third kappa shape index (κ3) is 13.3. The Hall–Kier alpha value is -2.81. The molecule has 0 aromatic carbocycles. The maximum atomic E-state index is 12.6. The minimum Gasteiger partial charge on any atom is -0.465 e. The first-order chi connectivity index (χ1) is 17.6. The molecule has 37 heavy (non-hydrogen) atoms. The first-order valence-corrected chi connectivity index (χ1v) is 13.6. The molecule has 2 bridgehead atoms. The second kappa shape index (κ2) is 16.1. The van der Waals surface area contributed by atoms with Gasteiger partial charge in [-0.15, -0.1) is 11.3 Å². The molecule has 2 unspecified atom stereocenters. The summed E-state index contributed by atoms with van der Waals surface area (Å²) in [7, 11) is 4.07. The molecule has 202 valence electrons. The largest absolute Gasteiger partial charge is 0.465 e. The first kappa shape index (κ1) is 30.4. The van der Waals surface area contributed by atoms with Crippen molar-refractivity contribution in [3.8, 4) is 0 Å². The van der Waals surface area contributed by atoms with E-state index in [2.05, 4.69) is 24.0 Å². The Kier molecular flexibility index (Phi) is 13.3. The van der Waals surface area contributed by atoms with Gasteiger partial charge >= 0.3 is 11.9 Å². The van der Waals surface area contributed by atoms with E-state index >= 15 is 0 Å². The molecule has 0 saturated heterocycles. The van der Waals surface area contributed by atoms with Gasteiger partial charge in [-0.2, -0.15) is 0 Å². The van der Waals surface area contributed by atoms with Crippen molar-refractivity contribution in [2.45, 2.75) is 65.0 Å². The molecule has 0 spiro atoms. The third-order valence-electron chi connectivity index (χ3n) is 5.65. The summed E-state index contributed by atoms with van der Waals surface area (Å²) in [5.41, 5.74) is 10.2. The number of likely N-dealkylation sites (N-methyl/N-ethyl adjacent to an activating group) is 1. The number of thiazole rings is 1. The molecular formula is C29H41N3O4S. The lowest BCUT2D eigenvalue weighted by atomic mass is 10.1. The fourth-order valence-corrected chi connectivity index (χ4v) is 4.34. The van der Waals surface area contributed by atoms with Crippen LogP contribution in [-0.2, 0) is 31.9 Å². The van der Waals surface area contributed by atoms with Gasteiger partial charge in [0.2, 0.25) is 0 Å². The van der Waals surface area contributed by atoms with E-state index < -0.39 is 12.1 Å². The molecule has 2 heterocycles. The highest BCUT2D eigenvalue weighted by atomic mass is 32.1. The molecule has 1 aliphatic rings. The van der Waals surface area contributed by atoms with Crippen molar-refractivity contribution in [3.05, 3.63) is 75.3 Å². The van der Waals surface area contributed by atoms with Crippen molar-refractivity contribution < 1.29 is 19.1 Å². The van der Waals surface area contributed by atoms with Gasteiger partial charge in [-0.25, -0.2) is 9.78 Å². The van der Waals surface area contributed by atoms with Gasteiger partial charge in [0.25, 0.3) is 0 Å². The molecule has 1 aliphatic heterocycles. The fourth-order valence-electron chi connectivity index (χ4n) is 3.47. The van der Waals surface area contributed by atoms with Crippen LogP contribution < -0.4 is 5.73 Å². The van der Waals surface area contributed by atoms with Crippen LogP contribution in [0.5, 0.6) is 0 Å². The number of rotatable bonds is 5. The van der Waals surface area contributed by atoms with Gasteiger partial charge in [0.05, 0.1) is 23.7 Å². The molecule has 0 fully saturated rings. The molecular weight excluding hydrogens is 486 g/mol. The number of nitrogens with two attached hydrogens (primary N) is 1. The molecule has 0 aliphatic carbocycles. The van der Waals surface area contributed by atoms with Crippen LogP contribution in [0.15, 0.2) is 64.6 Å². The lowest BCUT2D eigenvalue weighted by molar-refractivity contribution is -0.144. The summed E-state index contributed by atoms with van der Waals surface area (Å²) < 4.78 is 11.1. The predicted octanol–water partition coefficient (Wildman–Crippen LogP) is 4.71. The topological polar surface area (TPSA) is 94.8 Å². The number of esters is 2. The molecule has 0 radical (unpaired) electrons. The van der Waals surface area contributed by atoms with Gasteiger partial charge in [0.1, 0.15) is 6.10 Å². The number of fused-ring (bicyclic) bond motifs is 2. The smallest absolute Gasteiger partial charge is 0.331 e. The SMILES string of the molecule is CC(/C=C/C(C)=C/C1Cc2nc(cs2)CCC(N)CC(=O)OCC/C(C)=C/C=C\C(=O)O1)=C\CN(C)C. The number of cyclic esters (lactones) is 2.